The molecule has 5 nitrogen and oxygen atoms in total. The van der Waals surface area contributed by atoms with Crippen LogP contribution in [0.2, 0.25) is 0 Å². The van der Waals surface area contributed by atoms with Crippen LogP contribution in [0.1, 0.15) is 97.1 Å². The molecule has 2 N–H and O–H groups in total. The van der Waals surface area contributed by atoms with Gasteiger partial charge >= 0.3 is 0 Å². The number of hydrogen-bond donors (Lipinski definition) is 2. The number of hydrogen-bond acceptors (Lipinski definition) is 7. The number of benzene rings is 1. The average Bonchev–Trinajstić information content (AvgIpc) is 2.75. The van der Waals surface area contributed by atoms with Crippen LogP contribution in [0.3, 0.4) is 0 Å². The number of nitrogens with one attached hydrogen (secondary N) is 1. The van der Waals surface area contributed by atoms with Crippen molar-refractivity contribution < 1.29 is 5.11 Å². The summed E-state index contributed by atoms with van der Waals surface area (Å²) < 4.78 is 0. The molecule has 1 aromatic carbocycles. The Morgan fingerprint density at radius 1 is 0.818 bits per heavy atom. The van der Waals surface area contributed by atoms with Crippen LogP contribution in [0.4, 0.5) is 11.6 Å². The minimum Gasteiger partial charge on any atom is -0.507 e. The molecule has 0 saturated carbocycles. The second kappa shape index (κ2) is 14.1. The lowest BCUT2D eigenvalue weighted by atomic mass is 9.85. The first-order valence-electron chi connectivity index (χ1n) is 12.4. The molecular formula is C26H42N4OS2. The molecule has 0 unspecified atom stereocenters. The summed E-state index contributed by atoms with van der Waals surface area (Å²) in [5, 5.41) is 15.5. The lowest BCUT2D eigenvalue weighted by molar-refractivity contribution is 0.443. The fraction of sp³-hybridized carbons (Fsp3) is 0.654. The summed E-state index contributed by atoms with van der Waals surface area (Å²) in [5.74, 6) is 2.98. The summed E-state index contributed by atoms with van der Waals surface area (Å²) in [6, 6.07) is 3.95. The van der Waals surface area contributed by atoms with Crippen molar-refractivity contribution in [2.75, 3.05) is 16.8 Å². The van der Waals surface area contributed by atoms with Crippen molar-refractivity contribution in [2.45, 2.75) is 109 Å². The minimum absolute atomic E-state index is 0.162. The van der Waals surface area contributed by atoms with E-state index in [2.05, 4.69) is 39.9 Å². The predicted molar refractivity (Wildman–Crippen MR) is 144 cm³/mol. The molecule has 0 fully saturated rings. The third-order valence-corrected chi connectivity index (χ3v) is 7.28. The zero-order valence-corrected chi connectivity index (χ0v) is 23.0. The van der Waals surface area contributed by atoms with Crippen molar-refractivity contribution in [2.24, 2.45) is 0 Å². The van der Waals surface area contributed by atoms with Gasteiger partial charge in [0.25, 0.3) is 0 Å². The van der Waals surface area contributed by atoms with E-state index in [0.29, 0.717) is 11.7 Å². The summed E-state index contributed by atoms with van der Waals surface area (Å²) in [7, 11) is 0. The zero-order valence-electron chi connectivity index (χ0n) is 21.3. The van der Waals surface area contributed by atoms with Crippen LogP contribution >= 0.6 is 23.5 Å². The monoisotopic (exact) mass is 490 g/mol. The van der Waals surface area contributed by atoms with Gasteiger partial charge in [-0.05, 0) is 42.9 Å². The Morgan fingerprint density at radius 2 is 1.36 bits per heavy atom. The highest BCUT2D eigenvalue weighted by Gasteiger charge is 2.20. The SMILES string of the molecule is CCCCCCSc1nc(Nc2cc(C)c(O)c(C(C)(C)C)c2)nc(SCCCCCC)n1. The first kappa shape index (κ1) is 27.8. The first-order chi connectivity index (χ1) is 15.7. The third kappa shape index (κ3) is 9.73. The Bertz CT molecular complexity index is 836. The van der Waals surface area contributed by atoms with Crippen molar-refractivity contribution >= 4 is 35.2 Å². The summed E-state index contributed by atoms with van der Waals surface area (Å²) in [6.45, 7) is 12.7. The Kier molecular flexibility index (Phi) is 11.8. The molecule has 1 aromatic heterocycles. The Hall–Kier alpha value is -1.47. The van der Waals surface area contributed by atoms with Crippen molar-refractivity contribution in [1.82, 2.24) is 15.0 Å². The van der Waals surface area contributed by atoms with Crippen molar-refractivity contribution in [1.29, 1.82) is 0 Å². The number of anilines is 2. The van der Waals surface area contributed by atoms with Crippen LogP contribution in [0.5, 0.6) is 5.75 Å². The van der Waals surface area contributed by atoms with E-state index in [9.17, 15) is 5.11 Å². The maximum Gasteiger partial charge on any atom is 0.232 e. The Labute approximate surface area is 209 Å². The van der Waals surface area contributed by atoms with Crippen molar-refractivity contribution in [3.05, 3.63) is 23.3 Å². The molecule has 2 aromatic rings. The summed E-state index contributed by atoms with van der Waals surface area (Å²) in [4.78, 5) is 14.1. The standard InChI is InChI=1S/C26H42N4OS2/c1-7-9-11-13-15-32-24-28-23(29-25(30-24)33-16-14-12-10-8-2)27-20-17-19(3)22(31)21(18-20)26(4,5)6/h17-18,31H,7-16H2,1-6H3,(H,27,28,29,30). The van der Waals surface area contributed by atoms with E-state index in [1.807, 2.05) is 19.1 Å². The van der Waals surface area contributed by atoms with E-state index >= 15 is 0 Å². The van der Waals surface area contributed by atoms with Crippen molar-refractivity contribution in [3.63, 3.8) is 0 Å². The van der Waals surface area contributed by atoms with Crippen LogP contribution in [-0.2, 0) is 5.41 Å². The van der Waals surface area contributed by atoms with Gasteiger partial charge in [0.2, 0.25) is 5.95 Å². The minimum atomic E-state index is -0.162. The van der Waals surface area contributed by atoms with Gasteiger partial charge in [0, 0.05) is 22.8 Å². The number of rotatable bonds is 14. The summed E-state index contributed by atoms with van der Waals surface area (Å²) >= 11 is 3.43. The Balaban J connectivity index is 2.20. The molecule has 33 heavy (non-hydrogen) atoms. The lowest BCUT2D eigenvalue weighted by Crippen LogP contribution is -2.12. The van der Waals surface area contributed by atoms with E-state index in [0.717, 1.165) is 38.6 Å². The molecule has 0 bridgehead atoms. The number of aromatic nitrogens is 3. The molecule has 0 spiro atoms. The van der Waals surface area contributed by atoms with E-state index in [1.165, 1.54) is 51.4 Å². The fourth-order valence-electron chi connectivity index (χ4n) is 3.46. The molecule has 0 aliphatic rings. The number of phenolic OH excluding ortho intramolecular Hbond substituents is 1. The Morgan fingerprint density at radius 3 is 1.85 bits per heavy atom. The molecule has 0 amide bonds. The van der Waals surface area contributed by atoms with Gasteiger partial charge in [-0.2, -0.15) is 15.0 Å². The van der Waals surface area contributed by atoms with Crippen LogP contribution in [0.25, 0.3) is 0 Å². The normalized spacial score (nSPS) is 11.7. The summed E-state index contributed by atoms with van der Waals surface area (Å²) in [6.07, 6.45) is 9.90. The molecule has 0 radical (unpaired) electrons. The summed E-state index contributed by atoms with van der Waals surface area (Å²) in [5.41, 5.74) is 2.48. The highest BCUT2D eigenvalue weighted by atomic mass is 32.2. The molecule has 0 saturated heterocycles. The topological polar surface area (TPSA) is 70.9 Å². The van der Waals surface area contributed by atoms with Gasteiger partial charge in [-0.15, -0.1) is 0 Å². The van der Waals surface area contributed by atoms with Crippen LogP contribution in [-0.4, -0.2) is 31.6 Å². The van der Waals surface area contributed by atoms with Gasteiger partial charge in [-0.1, -0.05) is 96.7 Å². The van der Waals surface area contributed by atoms with Crippen LogP contribution < -0.4 is 5.32 Å². The van der Waals surface area contributed by atoms with Gasteiger partial charge in [0.1, 0.15) is 5.75 Å². The zero-order chi connectivity index (χ0) is 24.3. The van der Waals surface area contributed by atoms with Gasteiger partial charge in [0.05, 0.1) is 0 Å². The quantitative estimate of drug-likeness (QED) is 0.157. The molecule has 184 valence electrons. The molecule has 1 heterocycles. The smallest absolute Gasteiger partial charge is 0.232 e. The van der Waals surface area contributed by atoms with E-state index in [-0.39, 0.29) is 5.41 Å². The van der Waals surface area contributed by atoms with E-state index in [1.54, 1.807) is 23.5 Å². The number of phenols is 1. The molecule has 7 heteroatoms. The second-order valence-electron chi connectivity index (χ2n) is 9.61. The maximum atomic E-state index is 10.6. The number of thioether (sulfide) groups is 2. The first-order valence-corrected chi connectivity index (χ1v) is 14.3. The van der Waals surface area contributed by atoms with Crippen molar-refractivity contribution in [3.8, 4) is 5.75 Å². The van der Waals surface area contributed by atoms with Gasteiger partial charge < -0.3 is 10.4 Å². The van der Waals surface area contributed by atoms with Gasteiger partial charge in [0.15, 0.2) is 10.3 Å². The van der Waals surface area contributed by atoms with E-state index in [4.69, 9.17) is 15.0 Å². The highest BCUT2D eigenvalue weighted by molar-refractivity contribution is 7.99. The largest absolute Gasteiger partial charge is 0.507 e. The van der Waals surface area contributed by atoms with Crippen LogP contribution in [0, 0.1) is 6.92 Å². The molecule has 2 rings (SSSR count). The van der Waals surface area contributed by atoms with Crippen LogP contribution in [0.15, 0.2) is 22.4 Å². The molecule has 0 atom stereocenters. The molecule has 0 aliphatic carbocycles. The van der Waals surface area contributed by atoms with E-state index < -0.39 is 0 Å². The molecular weight excluding hydrogens is 448 g/mol. The third-order valence-electron chi connectivity index (χ3n) is 5.42. The predicted octanol–water partition coefficient (Wildman–Crippen LogP) is 8.27. The van der Waals surface area contributed by atoms with Gasteiger partial charge in [-0.3, -0.25) is 0 Å². The maximum absolute atomic E-state index is 10.6. The number of aromatic hydroxyl groups is 1. The number of nitrogens with zero attached hydrogens (tertiary/aromatic N) is 3. The lowest BCUT2D eigenvalue weighted by Gasteiger charge is -2.22. The molecule has 0 aliphatic heterocycles. The van der Waals surface area contributed by atoms with Gasteiger partial charge in [-0.25, -0.2) is 0 Å². The fourth-order valence-corrected chi connectivity index (χ4v) is 5.18. The number of aryl methyl sites for hydroxylation is 1. The average molecular weight is 491 g/mol. The second-order valence-corrected chi connectivity index (χ2v) is 11.7. The number of unbranched alkanes of at least 4 members (excludes halogenated alkanes) is 6. The highest BCUT2D eigenvalue weighted by Crippen LogP contribution is 2.36.